The Hall–Kier alpha value is -2.06. The molecule has 6 nitrogen and oxygen atoms in total. The summed E-state index contributed by atoms with van der Waals surface area (Å²) in [6, 6.07) is 6.93. The molecule has 0 radical (unpaired) electrons. The number of halogens is 1. The van der Waals surface area contributed by atoms with E-state index >= 15 is 0 Å². The molecule has 122 valence electrons. The maximum Gasteiger partial charge on any atom is 0.271 e. The largest absolute Gasteiger partial charge is 0.493 e. The van der Waals surface area contributed by atoms with E-state index in [-0.39, 0.29) is 5.91 Å². The van der Waals surface area contributed by atoms with Gasteiger partial charge in [0.25, 0.3) is 5.91 Å². The number of carbonyl (C=O) groups excluding carboxylic acids is 1. The topological polar surface area (TPSA) is 69.2 Å². The third-order valence-corrected chi connectivity index (χ3v) is 4.44. The van der Waals surface area contributed by atoms with Gasteiger partial charge in [-0.2, -0.15) is 5.10 Å². The monoisotopic (exact) mass is 398 g/mol. The van der Waals surface area contributed by atoms with Gasteiger partial charge in [0.05, 0.1) is 31.3 Å². The molecule has 1 aromatic heterocycles. The molecule has 1 aromatic carbocycles. The van der Waals surface area contributed by atoms with Crippen molar-refractivity contribution in [3.05, 3.63) is 38.5 Å². The van der Waals surface area contributed by atoms with Crippen molar-refractivity contribution in [2.24, 2.45) is 5.10 Å². The first kappa shape index (κ1) is 17.3. The number of hydrogen-bond donors (Lipinski definition) is 1. The van der Waals surface area contributed by atoms with Gasteiger partial charge in [-0.3, -0.25) is 4.79 Å². The molecule has 0 aliphatic rings. The average molecular weight is 399 g/mol. The molecular formula is C15H15BrN2O4S. The minimum absolute atomic E-state index is 0.351. The van der Waals surface area contributed by atoms with Crippen LogP contribution in [0.2, 0.25) is 0 Å². The van der Waals surface area contributed by atoms with Crippen LogP contribution in [0.3, 0.4) is 0 Å². The van der Waals surface area contributed by atoms with E-state index in [1.807, 2.05) is 12.1 Å². The number of nitrogens with one attached hydrogen (secondary N) is 1. The van der Waals surface area contributed by atoms with E-state index in [1.54, 1.807) is 18.3 Å². The number of hydrazone groups is 1. The van der Waals surface area contributed by atoms with Crippen LogP contribution in [0.25, 0.3) is 0 Å². The Kier molecular flexibility index (Phi) is 6.00. The lowest BCUT2D eigenvalue weighted by Crippen LogP contribution is -2.17. The Morgan fingerprint density at radius 2 is 1.83 bits per heavy atom. The molecule has 0 aliphatic heterocycles. The van der Waals surface area contributed by atoms with E-state index in [1.165, 1.54) is 32.7 Å². The first-order chi connectivity index (χ1) is 11.1. The van der Waals surface area contributed by atoms with Crippen LogP contribution in [0, 0.1) is 0 Å². The first-order valence-corrected chi connectivity index (χ1v) is 8.08. The van der Waals surface area contributed by atoms with Crippen molar-refractivity contribution in [3.8, 4) is 17.2 Å². The molecule has 2 aromatic rings. The van der Waals surface area contributed by atoms with Crippen LogP contribution in [-0.2, 0) is 0 Å². The molecule has 1 heterocycles. The van der Waals surface area contributed by atoms with Crippen molar-refractivity contribution >= 4 is 39.4 Å². The van der Waals surface area contributed by atoms with Gasteiger partial charge in [-0.05, 0) is 40.2 Å². The summed E-state index contributed by atoms with van der Waals surface area (Å²) in [5, 5.41) is 3.94. The van der Waals surface area contributed by atoms with Gasteiger partial charge in [0.15, 0.2) is 11.5 Å². The highest BCUT2D eigenvalue weighted by Gasteiger charge is 2.16. The van der Waals surface area contributed by atoms with Crippen LogP contribution in [0.5, 0.6) is 17.2 Å². The third-order valence-electron chi connectivity index (χ3n) is 2.88. The van der Waals surface area contributed by atoms with Crippen molar-refractivity contribution < 1.29 is 19.0 Å². The number of thiophene rings is 1. The van der Waals surface area contributed by atoms with Gasteiger partial charge in [-0.1, -0.05) is 0 Å². The van der Waals surface area contributed by atoms with E-state index < -0.39 is 0 Å². The lowest BCUT2D eigenvalue weighted by molar-refractivity contribution is 0.0954. The number of amides is 1. The predicted octanol–water partition coefficient (Wildman–Crippen LogP) is 3.30. The maximum absolute atomic E-state index is 12.2. The number of hydrogen-bond acceptors (Lipinski definition) is 6. The summed E-state index contributed by atoms with van der Waals surface area (Å²) in [6.07, 6.45) is 1.57. The molecule has 1 amide bonds. The molecular weight excluding hydrogens is 384 g/mol. The van der Waals surface area contributed by atoms with Crippen LogP contribution in [-0.4, -0.2) is 33.5 Å². The predicted molar refractivity (Wildman–Crippen MR) is 93.2 cm³/mol. The van der Waals surface area contributed by atoms with Crippen molar-refractivity contribution in [1.82, 2.24) is 5.43 Å². The van der Waals surface area contributed by atoms with Gasteiger partial charge in [-0.15, -0.1) is 11.3 Å². The van der Waals surface area contributed by atoms with Crippen LogP contribution in [0.1, 0.15) is 15.2 Å². The zero-order valence-electron chi connectivity index (χ0n) is 12.8. The second-order valence-corrected chi connectivity index (χ2v) is 6.75. The number of nitrogens with zero attached hydrogens (tertiary/aromatic N) is 1. The highest BCUT2D eigenvalue weighted by Crippen LogP contribution is 2.38. The van der Waals surface area contributed by atoms with E-state index in [2.05, 4.69) is 26.5 Å². The van der Waals surface area contributed by atoms with Crippen LogP contribution < -0.4 is 19.6 Å². The Morgan fingerprint density at radius 1 is 1.17 bits per heavy atom. The van der Waals surface area contributed by atoms with E-state index in [4.69, 9.17) is 14.2 Å². The van der Waals surface area contributed by atoms with Gasteiger partial charge < -0.3 is 14.2 Å². The van der Waals surface area contributed by atoms with Crippen LogP contribution in [0.15, 0.2) is 33.2 Å². The standard InChI is InChI=1S/C15H15BrN2O4S/c1-20-11-6-9(7-12(21-2)14(11)22-3)15(19)18-17-8-10-4-5-13(16)23-10/h4-8H,1-3H3,(H,18,19)/b17-8-. The third kappa shape index (κ3) is 4.23. The summed E-state index contributed by atoms with van der Waals surface area (Å²) in [5.41, 5.74) is 2.82. The Labute approximate surface area is 146 Å². The lowest BCUT2D eigenvalue weighted by Gasteiger charge is -2.13. The summed E-state index contributed by atoms with van der Waals surface area (Å²) >= 11 is 4.88. The number of ether oxygens (including phenoxy) is 3. The van der Waals surface area contributed by atoms with Gasteiger partial charge in [0.1, 0.15) is 0 Å². The molecule has 2 rings (SSSR count). The quantitative estimate of drug-likeness (QED) is 0.598. The molecule has 0 aliphatic carbocycles. The minimum atomic E-state index is -0.379. The first-order valence-electron chi connectivity index (χ1n) is 6.47. The molecule has 0 fully saturated rings. The second kappa shape index (κ2) is 7.98. The SMILES string of the molecule is COc1cc(C(=O)N/N=C\c2ccc(Br)s2)cc(OC)c1OC. The van der Waals surface area contributed by atoms with Crippen molar-refractivity contribution in [3.63, 3.8) is 0 Å². The highest BCUT2D eigenvalue weighted by molar-refractivity contribution is 9.11. The zero-order chi connectivity index (χ0) is 16.8. The number of methoxy groups -OCH3 is 3. The zero-order valence-corrected chi connectivity index (χ0v) is 15.2. The van der Waals surface area contributed by atoms with Crippen LogP contribution >= 0.6 is 27.3 Å². The summed E-state index contributed by atoms with van der Waals surface area (Å²) in [5.74, 6) is 0.862. The Bertz CT molecular complexity index is 705. The minimum Gasteiger partial charge on any atom is -0.493 e. The van der Waals surface area contributed by atoms with Crippen LogP contribution in [0.4, 0.5) is 0 Å². The molecule has 0 bridgehead atoms. The lowest BCUT2D eigenvalue weighted by atomic mass is 10.1. The fourth-order valence-corrected chi connectivity index (χ4v) is 3.12. The molecule has 23 heavy (non-hydrogen) atoms. The van der Waals surface area contributed by atoms with Crippen molar-refractivity contribution in [1.29, 1.82) is 0 Å². The smallest absolute Gasteiger partial charge is 0.271 e. The van der Waals surface area contributed by atoms with Gasteiger partial charge in [0.2, 0.25) is 5.75 Å². The average Bonchev–Trinajstić information content (AvgIpc) is 2.98. The summed E-state index contributed by atoms with van der Waals surface area (Å²) in [4.78, 5) is 13.1. The summed E-state index contributed by atoms with van der Waals surface area (Å²) < 4.78 is 16.7. The number of carbonyl (C=O) groups is 1. The van der Waals surface area contributed by atoms with E-state index in [0.717, 1.165) is 8.66 Å². The van der Waals surface area contributed by atoms with Crippen molar-refractivity contribution in [2.75, 3.05) is 21.3 Å². The summed E-state index contributed by atoms with van der Waals surface area (Å²) in [7, 11) is 4.49. The van der Waals surface area contributed by atoms with E-state index in [0.29, 0.717) is 22.8 Å². The van der Waals surface area contributed by atoms with Gasteiger partial charge in [0, 0.05) is 10.4 Å². The molecule has 0 unspecified atom stereocenters. The maximum atomic E-state index is 12.2. The molecule has 0 saturated heterocycles. The highest BCUT2D eigenvalue weighted by atomic mass is 79.9. The number of rotatable bonds is 6. The second-order valence-electron chi connectivity index (χ2n) is 4.26. The van der Waals surface area contributed by atoms with Gasteiger partial charge in [-0.25, -0.2) is 5.43 Å². The molecule has 8 heteroatoms. The van der Waals surface area contributed by atoms with Crippen molar-refractivity contribution in [2.45, 2.75) is 0 Å². The molecule has 0 atom stereocenters. The normalized spacial score (nSPS) is 10.6. The molecule has 1 N–H and O–H groups in total. The van der Waals surface area contributed by atoms with E-state index in [9.17, 15) is 4.79 Å². The summed E-state index contributed by atoms with van der Waals surface area (Å²) in [6.45, 7) is 0. The Balaban J connectivity index is 2.17. The molecule has 0 saturated carbocycles. The Morgan fingerprint density at radius 3 is 2.30 bits per heavy atom. The fraction of sp³-hybridized carbons (Fsp3) is 0.200. The van der Waals surface area contributed by atoms with Gasteiger partial charge >= 0.3 is 0 Å². The fourth-order valence-electron chi connectivity index (χ4n) is 1.83. The number of benzene rings is 1. The molecule has 0 spiro atoms.